The van der Waals surface area contributed by atoms with Crippen molar-refractivity contribution < 1.29 is 9.18 Å². The number of hydrogen-bond donors (Lipinski definition) is 0. The summed E-state index contributed by atoms with van der Waals surface area (Å²) in [5.41, 5.74) is 1.32. The lowest BCUT2D eigenvalue weighted by Crippen LogP contribution is -2.41. The van der Waals surface area contributed by atoms with Crippen molar-refractivity contribution in [3.05, 3.63) is 106 Å². The van der Waals surface area contributed by atoms with Crippen LogP contribution in [0, 0.1) is 5.82 Å². The van der Waals surface area contributed by atoms with Crippen molar-refractivity contribution in [1.29, 1.82) is 0 Å². The van der Waals surface area contributed by atoms with Gasteiger partial charge in [-0.3, -0.25) is 14.2 Å². The number of aromatic nitrogens is 2. The molecule has 0 fully saturated rings. The minimum Gasteiger partial charge on any atom is -0.327 e. The highest BCUT2D eigenvalue weighted by Gasteiger charge is 2.30. The Morgan fingerprint density at radius 3 is 2.37 bits per heavy atom. The topological polar surface area (TPSA) is 58.4 Å². The van der Waals surface area contributed by atoms with E-state index in [4.69, 9.17) is 4.98 Å². The van der Waals surface area contributed by atoms with Gasteiger partial charge in [-0.1, -0.05) is 43.3 Å². The van der Waals surface area contributed by atoms with Gasteiger partial charge >= 0.3 is 0 Å². The molecule has 0 spiro atoms. The molecule has 0 radical (unpaired) electrons. The largest absolute Gasteiger partial charge is 0.327 e. The van der Waals surface area contributed by atoms with E-state index in [0.29, 0.717) is 41.9 Å². The van der Waals surface area contributed by atoms with Crippen molar-refractivity contribution in [3.63, 3.8) is 0 Å². The van der Waals surface area contributed by atoms with Gasteiger partial charge in [0.15, 0.2) is 0 Å². The first-order valence-corrected chi connectivity index (χ1v) is 11.7. The third-order valence-electron chi connectivity index (χ3n) is 6.00. The van der Waals surface area contributed by atoms with Crippen LogP contribution in [-0.4, -0.2) is 52.4 Å². The summed E-state index contributed by atoms with van der Waals surface area (Å²) in [6.07, 6.45) is 0.520. The van der Waals surface area contributed by atoms with Crippen molar-refractivity contribution in [2.45, 2.75) is 19.4 Å². The fourth-order valence-electron chi connectivity index (χ4n) is 4.24. The second-order valence-corrected chi connectivity index (χ2v) is 8.70. The molecule has 3 aromatic carbocycles. The molecule has 1 atom stereocenters. The highest BCUT2D eigenvalue weighted by atomic mass is 19.1. The van der Waals surface area contributed by atoms with E-state index in [1.165, 1.54) is 18.2 Å². The molecule has 0 saturated heterocycles. The number of para-hydroxylation sites is 2. The minimum atomic E-state index is -0.511. The molecule has 4 rings (SSSR count). The predicted octanol–water partition coefficient (Wildman–Crippen LogP) is 4.68. The predicted molar refractivity (Wildman–Crippen MR) is 136 cm³/mol. The molecule has 0 saturated carbocycles. The molecule has 0 aliphatic carbocycles. The highest BCUT2D eigenvalue weighted by molar-refractivity contribution is 5.94. The summed E-state index contributed by atoms with van der Waals surface area (Å²) in [5.74, 6) is -0.299. The third-order valence-corrected chi connectivity index (χ3v) is 6.00. The lowest BCUT2D eigenvalue weighted by molar-refractivity contribution is 0.0644. The number of carbonyl (C=O) groups is 1. The van der Waals surface area contributed by atoms with Crippen molar-refractivity contribution >= 4 is 16.8 Å². The molecule has 35 heavy (non-hydrogen) atoms. The van der Waals surface area contributed by atoms with Crippen LogP contribution in [0.2, 0.25) is 0 Å². The van der Waals surface area contributed by atoms with E-state index in [0.717, 1.165) is 0 Å². The van der Waals surface area contributed by atoms with Gasteiger partial charge in [0, 0.05) is 18.7 Å². The third kappa shape index (κ3) is 5.15. The van der Waals surface area contributed by atoms with Crippen LogP contribution in [0.4, 0.5) is 4.39 Å². The average Bonchev–Trinajstić information content (AvgIpc) is 2.86. The Morgan fingerprint density at radius 1 is 0.971 bits per heavy atom. The van der Waals surface area contributed by atoms with Gasteiger partial charge in [-0.05, 0) is 63.0 Å². The maximum Gasteiger partial charge on any atom is 0.266 e. The Morgan fingerprint density at radius 2 is 1.69 bits per heavy atom. The number of rotatable bonds is 8. The fourth-order valence-corrected chi connectivity index (χ4v) is 4.24. The van der Waals surface area contributed by atoms with E-state index in [2.05, 4.69) is 0 Å². The number of amides is 1. The zero-order chi connectivity index (χ0) is 24.9. The second-order valence-electron chi connectivity index (χ2n) is 8.70. The molecule has 4 aromatic rings. The molecule has 180 valence electrons. The van der Waals surface area contributed by atoms with E-state index in [9.17, 15) is 14.0 Å². The number of halogens is 1. The first kappa shape index (κ1) is 24.3. The van der Waals surface area contributed by atoms with E-state index in [-0.39, 0.29) is 17.0 Å². The quantitative estimate of drug-likeness (QED) is 0.374. The smallest absolute Gasteiger partial charge is 0.266 e. The Labute approximate surface area is 204 Å². The van der Waals surface area contributed by atoms with Crippen molar-refractivity contribution in [2.75, 3.05) is 27.2 Å². The summed E-state index contributed by atoms with van der Waals surface area (Å²) >= 11 is 0. The number of nitrogens with zero attached hydrogens (tertiary/aromatic N) is 4. The molecule has 0 bridgehead atoms. The number of fused-ring (bicyclic) bond motifs is 1. The van der Waals surface area contributed by atoms with Crippen LogP contribution in [0.5, 0.6) is 0 Å². The van der Waals surface area contributed by atoms with Crippen molar-refractivity contribution in [3.8, 4) is 5.69 Å². The van der Waals surface area contributed by atoms with Gasteiger partial charge in [-0.25, -0.2) is 9.37 Å². The lowest BCUT2D eigenvalue weighted by atomic mass is 10.1. The Hall–Kier alpha value is -3.84. The normalized spacial score (nSPS) is 12.1. The van der Waals surface area contributed by atoms with Crippen LogP contribution >= 0.6 is 0 Å². The zero-order valence-electron chi connectivity index (χ0n) is 20.2. The van der Waals surface area contributed by atoms with Crippen LogP contribution in [0.1, 0.15) is 35.6 Å². The summed E-state index contributed by atoms with van der Waals surface area (Å²) in [7, 11) is 3.86. The van der Waals surface area contributed by atoms with Crippen molar-refractivity contribution in [2.24, 2.45) is 0 Å². The first-order chi connectivity index (χ1) is 16.9. The van der Waals surface area contributed by atoms with Crippen LogP contribution in [-0.2, 0) is 0 Å². The molecular formula is C28H29FN4O2. The number of likely N-dealkylation sites (N-methyl/N-ethyl adjacent to an activating group) is 1. The lowest BCUT2D eigenvalue weighted by Gasteiger charge is -2.33. The Kier molecular flexibility index (Phi) is 7.36. The maximum atomic E-state index is 14.0. The van der Waals surface area contributed by atoms with E-state index >= 15 is 0 Å². The summed E-state index contributed by atoms with van der Waals surface area (Å²) in [6, 6.07) is 21.7. The molecular weight excluding hydrogens is 443 g/mol. The van der Waals surface area contributed by atoms with Crippen LogP contribution in [0.15, 0.2) is 83.7 Å². The fraction of sp³-hybridized carbons (Fsp3) is 0.250. The van der Waals surface area contributed by atoms with E-state index < -0.39 is 11.9 Å². The van der Waals surface area contributed by atoms with E-state index in [1.807, 2.05) is 68.4 Å². The van der Waals surface area contributed by atoms with Gasteiger partial charge in [0.2, 0.25) is 0 Å². The second kappa shape index (κ2) is 10.6. The monoisotopic (exact) mass is 472 g/mol. The molecule has 1 heterocycles. The van der Waals surface area contributed by atoms with Crippen LogP contribution in [0.3, 0.4) is 0 Å². The summed E-state index contributed by atoms with van der Waals surface area (Å²) in [4.78, 5) is 36.0. The van der Waals surface area contributed by atoms with E-state index in [1.54, 1.807) is 27.7 Å². The molecule has 1 amide bonds. The van der Waals surface area contributed by atoms with Crippen LogP contribution < -0.4 is 5.56 Å². The molecule has 0 N–H and O–H groups in total. The van der Waals surface area contributed by atoms with Gasteiger partial charge in [0.05, 0.1) is 22.6 Å². The maximum absolute atomic E-state index is 14.0. The zero-order valence-corrected chi connectivity index (χ0v) is 20.2. The number of benzene rings is 3. The van der Waals surface area contributed by atoms with Gasteiger partial charge in [0.25, 0.3) is 11.5 Å². The number of hydrogen-bond acceptors (Lipinski definition) is 4. The van der Waals surface area contributed by atoms with Crippen molar-refractivity contribution in [1.82, 2.24) is 19.4 Å². The highest BCUT2D eigenvalue weighted by Crippen LogP contribution is 2.27. The molecule has 1 aromatic heterocycles. The molecule has 0 aliphatic heterocycles. The Balaban J connectivity index is 1.93. The molecule has 7 heteroatoms. The van der Waals surface area contributed by atoms with Gasteiger partial charge in [-0.15, -0.1) is 0 Å². The summed E-state index contributed by atoms with van der Waals surface area (Å²) < 4.78 is 15.6. The SMILES string of the molecule is CCC(c1nc2ccccc2c(=O)n1-c1ccccc1)N(CCN(C)C)C(=O)c1cccc(F)c1. The van der Waals surface area contributed by atoms with Gasteiger partial charge < -0.3 is 9.80 Å². The first-order valence-electron chi connectivity index (χ1n) is 11.7. The summed E-state index contributed by atoms with van der Waals surface area (Å²) in [5, 5.41) is 0.506. The van der Waals surface area contributed by atoms with Crippen LogP contribution in [0.25, 0.3) is 16.6 Å². The van der Waals surface area contributed by atoms with Gasteiger partial charge in [-0.2, -0.15) is 0 Å². The Bertz CT molecular complexity index is 1380. The minimum absolute atomic E-state index is 0.194. The summed E-state index contributed by atoms with van der Waals surface area (Å²) in [6.45, 7) is 2.95. The number of carbonyl (C=O) groups excluding carboxylic acids is 1. The molecule has 0 aliphatic rings. The average molecular weight is 473 g/mol. The molecule has 1 unspecified atom stereocenters. The standard InChI is InChI=1S/C28H29FN4O2/c1-4-25(32(18-17-31(2)3)27(34)20-11-10-12-21(29)19-20)26-30-24-16-9-8-15-23(24)28(35)33(26)22-13-6-5-7-14-22/h5-16,19,25H,4,17-18H2,1-3H3. The van der Waals surface area contributed by atoms with Gasteiger partial charge in [0.1, 0.15) is 11.6 Å². The molecule has 6 nitrogen and oxygen atoms in total.